The highest BCUT2D eigenvalue weighted by atomic mass is 28.3. The SMILES string of the molecule is C[Si](C)(C)c1cccc([Si](c2ccccc2)c2ccccc2)c1. The predicted molar refractivity (Wildman–Crippen MR) is 107 cm³/mol. The Morgan fingerprint density at radius 2 is 1.04 bits per heavy atom. The minimum absolute atomic E-state index is 0.937. The van der Waals surface area contributed by atoms with Gasteiger partial charge in [0.2, 0.25) is 0 Å². The van der Waals surface area contributed by atoms with Crippen molar-refractivity contribution in [1.29, 1.82) is 0 Å². The second-order valence-corrected chi connectivity index (χ2v) is 14.5. The number of hydrogen-bond acceptors (Lipinski definition) is 0. The van der Waals surface area contributed by atoms with Crippen molar-refractivity contribution >= 4 is 37.6 Å². The maximum Gasteiger partial charge on any atom is 0.154 e. The topological polar surface area (TPSA) is 0 Å². The van der Waals surface area contributed by atoms with Crippen LogP contribution in [0.25, 0.3) is 0 Å². The average Bonchev–Trinajstić information content (AvgIpc) is 2.57. The Morgan fingerprint density at radius 3 is 1.52 bits per heavy atom. The van der Waals surface area contributed by atoms with Gasteiger partial charge in [0.1, 0.15) is 0 Å². The maximum absolute atomic E-state index is 2.47. The second kappa shape index (κ2) is 6.69. The standard InChI is InChI=1S/C21H23Si2/c1-23(2,3)21-16-10-15-20(17-21)22(18-11-6-4-7-12-18)19-13-8-5-9-14-19/h4-17H,1-3H3. The Balaban J connectivity index is 2.14. The first-order chi connectivity index (χ1) is 11.1. The van der Waals surface area contributed by atoms with Crippen LogP contribution in [0.5, 0.6) is 0 Å². The highest BCUT2D eigenvalue weighted by molar-refractivity contribution is 6.96. The third-order valence-corrected chi connectivity index (χ3v) is 8.89. The van der Waals surface area contributed by atoms with Crippen molar-refractivity contribution in [3.05, 3.63) is 84.9 Å². The van der Waals surface area contributed by atoms with Gasteiger partial charge in [0.25, 0.3) is 0 Å². The van der Waals surface area contributed by atoms with E-state index in [2.05, 4.69) is 105 Å². The highest BCUT2D eigenvalue weighted by Gasteiger charge is 2.22. The lowest BCUT2D eigenvalue weighted by molar-refractivity contribution is 1.69. The highest BCUT2D eigenvalue weighted by Crippen LogP contribution is 2.02. The molecule has 3 rings (SSSR count). The molecule has 0 aliphatic rings. The molecule has 0 nitrogen and oxygen atoms in total. The van der Waals surface area contributed by atoms with Crippen LogP contribution >= 0.6 is 0 Å². The molecule has 0 heterocycles. The van der Waals surface area contributed by atoms with Crippen molar-refractivity contribution in [2.24, 2.45) is 0 Å². The quantitative estimate of drug-likeness (QED) is 0.509. The molecule has 0 spiro atoms. The molecule has 115 valence electrons. The Labute approximate surface area is 142 Å². The van der Waals surface area contributed by atoms with Gasteiger partial charge in [-0.25, -0.2) is 0 Å². The zero-order valence-electron chi connectivity index (χ0n) is 14.1. The van der Waals surface area contributed by atoms with E-state index in [1.165, 1.54) is 15.6 Å². The van der Waals surface area contributed by atoms with Gasteiger partial charge in [-0.15, -0.1) is 0 Å². The summed E-state index contributed by atoms with van der Waals surface area (Å²) in [5.74, 6) is 0. The number of hydrogen-bond donors (Lipinski definition) is 0. The lowest BCUT2D eigenvalue weighted by atomic mass is 10.3. The average molecular weight is 332 g/mol. The molecule has 3 aromatic carbocycles. The van der Waals surface area contributed by atoms with Crippen molar-refractivity contribution in [2.45, 2.75) is 19.6 Å². The van der Waals surface area contributed by atoms with Crippen LogP contribution in [0.4, 0.5) is 0 Å². The summed E-state index contributed by atoms with van der Waals surface area (Å²) < 4.78 is 0. The van der Waals surface area contributed by atoms with Crippen LogP contribution in [0.15, 0.2) is 84.9 Å². The summed E-state index contributed by atoms with van der Waals surface area (Å²) in [4.78, 5) is 0. The summed E-state index contributed by atoms with van der Waals surface area (Å²) in [6.45, 7) is 7.26. The van der Waals surface area contributed by atoms with E-state index < -0.39 is 16.9 Å². The van der Waals surface area contributed by atoms with Gasteiger partial charge >= 0.3 is 0 Å². The molecule has 3 aromatic rings. The van der Waals surface area contributed by atoms with Crippen molar-refractivity contribution < 1.29 is 0 Å². The first-order valence-corrected chi connectivity index (χ1v) is 13.1. The summed E-state index contributed by atoms with van der Waals surface area (Å²) in [6.07, 6.45) is 0. The van der Waals surface area contributed by atoms with Gasteiger partial charge in [-0.2, -0.15) is 0 Å². The fraction of sp³-hybridized carbons (Fsp3) is 0.143. The summed E-state index contributed by atoms with van der Waals surface area (Å²) in [7, 11) is -2.23. The molecule has 0 aliphatic carbocycles. The summed E-state index contributed by atoms with van der Waals surface area (Å²) in [5, 5.41) is 5.95. The third-order valence-electron chi connectivity index (χ3n) is 4.14. The molecule has 0 saturated carbocycles. The lowest BCUT2D eigenvalue weighted by Gasteiger charge is -2.21. The van der Waals surface area contributed by atoms with Crippen LogP contribution in [0, 0.1) is 0 Å². The molecule has 0 saturated heterocycles. The van der Waals surface area contributed by atoms with Crippen LogP contribution < -0.4 is 20.7 Å². The molecule has 0 unspecified atom stereocenters. The van der Waals surface area contributed by atoms with Gasteiger partial charge in [0.05, 0.1) is 8.07 Å². The summed E-state index contributed by atoms with van der Waals surface area (Å²) >= 11 is 0. The Morgan fingerprint density at radius 1 is 0.565 bits per heavy atom. The van der Waals surface area contributed by atoms with E-state index in [1.807, 2.05) is 0 Å². The van der Waals surface area contributed by atoms with Crippen molar-refractivity contribution in [3.63, 3.8) is 0 Å². The fourth-order valence-electron chi connectivity index (χ4n) is 2.85. The molecule has 0 fully saturated rings. The summed E-state index contributed by atoms with van der Waals surface area (Å²) in [5.41, 5.74) is 0. The minimum Gasteiger partial charge on any atom is -0.0656 e. The minimum atomic E-state index is -1.30. The van der Waals surface area contributed by atoms with E-state index in [9.17, 15) is 0 Å². The molecule has 0 N–H and O–H groups in total. The van der Waals surface area contributed by atoms with E-state index in [4.69, 9.17) is 0 Å². The van der Waals surface area contributed by atoms with Crippen LogP contribution in [0.3, 0.4) is 0 Å². The van der Waals surface area contributed by atoms with Crippen molar-refractivity contribution in [1.82, 2.24) is 0 Å². The van der Waals surface area contributed by atoms with Crippen LogP contribution in [-0.4, -0.2) is 16.9 Å². The second-order valence-electron chi connectivity index (χ2n) is 6.94. The molecule has 0 aromatic heterocycles. The number of benzene rings is 3. The Bertz CT molecular complexity index is 719. The smallest absolute Gasteiger partial charge is 0.0656 e. The van der Waals surface area contributed by atoms with E-state index in [-0.39, 0.29) is 0 Å². The molecule has 23 heavy (non-hydrogen) atoms. The van der Waals surface area contributed by atoms with Crippen LogP contribution in [-0.2, 0) is 0 Å². The van der Waals surface area contributed by atoms with E-state index in [0.717, 1.165) is 0 Å². The summed E-state index contributed by atoms with van der Waals surface area (Å²) in [6, 6.07) is 31.3. The fourth-order valence-corrected chi connectivity index (χ4v) is 6.79. The monoisotopic (exact) mass is 331 g/mol. The van der Waals surface area contributed by atoms with Crippen molar-refractivity contribution in [3.8, 4) is 0 Å². The zero-order chi connectivity index (χ0) is 16.3. The molecule has 0 atom stereocenters. The molecular formula is C21H23Si2. The molecule has 0 aliphatic heterocycles. The molecule has 0 bridgehead atoms. The van der Waals surface area contributed by atoms with Gasteiger partial charge in [-0.05, 0) is 0 Å². The first kappa shape index (κ1) is 16.0. The van der Waals surface area contributed by atoms with Crippen LogP contribution in [0.1, 0.15) is 0 Å². The third kappa shape index (κ3) is 3.71. The van der Waals surface area contributed by atoms with E-state index >= 15 is 0 Å². The predicted octanol–water partition coefficient (Wildman–Crippen LogP) is 2.75. The molecule has 2 heteroatoms. The normalized spacial score (nSPS) is 11.7. The lowest BCUT2D eigenvalue weighted by Crippen LogP contribution is -2.53. The van der Waals surface area contributed by atoms with Gasteiger partial charge in [-0.1, -0.05) is 125 Å². The molecular weight excluding hydrogens is 308 g/mol. The Hall–Kier alpha value is -1.91. The maximum atomic E-state index is 2.47. The van der Waals surface area contributed by atoms with Gasteiger partial charge in [-0.3, -0.25) is 0 Å². The first-order valence-electron chi connectivity index (χ1n) is 8.14. The Kier molecular flexibility index (Phi) is 4.64. The molecule has 0 amide bonds. The van der Waals surface area contributed by atoms with Crippen LogP contribution in [0.2, 0.25) is 19.6 Å². The van der Waals surface area contributed by atoms with E-state index in [1.54, 1.807) is 5.19 Å². The van der Waals surface area contributed by atoms with Gasteiger partial charge < -0.3 is 0 Å². The van der Waals surface area contributed by atoms with E-state index in [0.29, 0.717) is 0 Å². The van der Waals surface area contributed by atoms with Gasteiger partial charge in [0, 0.05) is 0 Å². The van der Waals surface area contributed by atoms with Gasteiger partial charge in [0.15, 0.2) is 8.80 Å². The largest absolute Gasteiger partial charge is 0.154 e. The molecule has 1 radical (unpaired) electrons. The number of rotatable bonds is 4. The van der Waals surface area contributed by atoms with Crippen molar-refractivity contribution in [2.75, 3.05) is 0 Å². The zero-order valence-corrected chi connectivity index (χ0v) is 16.1.